The maximum Gasteiger partial charge on any atom is 0.123 e. The smallest absolute Gasteiger partial charge is 0.123 e. The zero-order chi connectivity index (χ0) is 11.4. The highest BCUT2D eigenvalue weighted by Gasteiger charge is 2.29. The highest BCUT2D eigenvalue weighted by atomic mass is 16.1. The average Bonchev–Trinajstić information content (AvgIpc) is 2.39. The van der Waals surface area contributed by atoms with Crippen LogP contribution in [0.3, 0.4) is 0 Å². The average molecular weight is 216 g/mol. The molecule has 0 spiro atoms. The first-order valence-corrected chi connectivity index (χ1v) is 6.35. The molecule has 1 saturated carbocycles. The number of benzene rings is 1. The van der Waals surface area contributed by atoms with Crippen LogP contribution in [-0.4, -0.2) is 6.29 Å². The highest BCUT2D eigenvalue weighted by molar-refractivity contribution is 5.53. The molecule has 0 heterocycles. The normalized spacial score (nSPS) is 29.9. The Labute approximate surface area is 97.9 Å². The number of aldehydes is 1. The minimum absolute atomic E-state index is 0.310. The summed E-state index contributed by atoms with van der Waals surface area (Å²) in [4.78, 5) is 10.9. The lowest BCUT2D eigenvalue weighted by atomic mass is 9.70. The van der Waals surface area contributed by atoms with Gasteiger partial charge in [0.2, 0.25) is 0 Å². The van der Waals surface area contributed by atoms with Crippen molar-refractivity contribution in [2.75, 3.05) is 0 Å². The van der Waals surface area contributed by atoms with Gasteiger partial charge in [-0.05, 0) is 36.7 Å². The summed E-state index contributed by atoms with van der Waals surface area (Å²) in [7, 11) is 0. The second-order valence-corrected chi connectivity index (χ2v) is 4.89. The van der Waals surface area contributed by atoms with Gasteiger partial charge < -0.3 is 4.79 Å². The Morgan fingerprint density at radius 1 is 1.25 bits per heavy atom. The van der Waals surface area contributed by atoms with Crippen LogP contribution in [0, 0.1) is 11.8 Å². The third kappa shape index (κ3) is 2.34. The molecule has 1 aromatic rings. The van der Waals surface area contributed by atoms with Gasteiger partial charge in [-0.15, -0.1) is 0 Å². The number of carbonyl (C=O) groups excluding carboxylic acids is 1. The Morgan fingerprint density at radius 2 is 2.00 bits per heavy atom. The summed E-state index contributed by atoms with van der Waals surface area (Å²) in [5, 5.41) is 0. The molecule has 1 aliphatic rings. The molecule has 0 N–H and O–H groups in total. The molecular formula is C15H20O. The molecule has 0 aliphatic heterocycles. The van der Waals surface area contributed by atoms with Crippen LogP contribution in [0.1, 0.15) is 44.1 Å². The lowest BCUT2D eigenvalue weighted by Crippen LogP contribution is -2.23. The van der Waals surface area contributed by atoms with Gasteiger partial charge in [0.25, 0.3) is 0 Å². The molecule has 0 aromatic heterocycles. The highest BCUT2D eigenvalue weighted by Crippen LogP contribution is 2.41. The predicted octanol–water partition coefficient (Wildman–Crippen LogP) is 3.80. The first-order chi connectivity index (χ1) is 7.85. The number of hydrogen-bond donors (Lipinski definition) is 0. The molecule has 1 heteroatoms. The quantitative estimate of drug-likeness (QED) is 0.702. The first-order valence-electron chi connectivity index (χ1n) is 6.35. The van der Waals surface area contributed by atoms with Gasteiger partial charge in [0.1, 0.15) is 6.29 Å². The first kappa shape index (κ1) is 11.4. The van der Waals surface area contributed by atoms with E-state index in [4.69, 9.17) is 0 Å². The van der Waals surface area contributed by atoms with Crippen LogP contribution in [0.5, 0.6) is 0 Å². The van der Waals surface area contributed by atoms with E-state index < -0.39 is 0 Å². The van der Waals surface area contributed by atoms with Crippen LogP contribution in [0.4, 0.5) is 0 Å². The van der Waals surface area contributed by atoms with Crippen molar-refractivity contribution in [1.82, 2.24) is 0 Å². The number of hydrogen-bond acceptors (Lipinski definition) is 1. The van der Waals surface area contributed by atoms with Gasteiger partial charge in [-0.25, -0.2) is 0 Å². The van der Waals surface area contributed by atoms with Gasteiger partial charge in [-0.2, -0.15) is 0 Å². The van der Waals surface area contributed by atoms with Gasteiger partial charge in [0.05, 0.1) is 0 Å². The summed E-state index contributed by atoms with van der Waals surface area (Å²) >= 11 is 0. The molecule has 16 heavy (non-hydrogen) atoms. The van der Waals surface area contributed by atoms with Crippen LogP contribution < -0.4 is 0 Å². The third-order valence-corrected chi connectivity index (χ3v) is 3.97. The van der Waals surface area contributed by atoms with Gasteiger partial charge >= 0.3 is 0 Å². The molecule has 1 aromatic carbocycles. The largest absolute Gasteiger partial charge is 0.303 e. The SMILES string of the molecule is CCC1CC(C=O)CCC1c1ccccc1. The van der Waals surface area contributed by atoms with E-state index in [0.717, 1.165) is 19.1 Å². The van der Waals surface area contributed by atoms with Crippen molar-refractivity contribution in [3.63, 3.8) is 0 Å². The van der Waals surface area contributed by atoms with Crippen molar-refractivity contribution in [1.29, 1.82) is 0 Å². The maximum absolute atomic E-state index is 10.9. The Bertz CT molecular complexity index is 331. The van der Waals surface area contributed by atoms with Crippen LogP contribution in [0.25, 0.3) is 0 Å². The second-order valence-electron chi connectivity index (χ2n) is 4.89. The van der Waals surface area contributed by atoms with E-state index in [-0.39, 0.29) is 0 Å². The van der Waals surface area contributed by atoms with E-state index in [9.17, 15) is 4.79 Å². The van der Waals surface area contributed by atoms with Crippen molar-refractivity contribution in [3.05, 3.63) is 35.9 Å². The topological polar surface area (TPSA) is 17.1 Å². The molecule has 86 valence electrons. The maximum atomic E-state index is 10.9. The molecule has 1 nitrogen and oxygen atoms in total. The standard InChI is InChI=1S/C15H20O/c1-2-13-10-12(11-16)8-9-15(13)14-6-4-3-5-7-14/h3-7,11-13,15H,2,8-10H2,1H3. The zero-order valence-corrected chi connectivity index (χ0v) is 9.93. The zero-order valence-electron chi connectivity index (χ0n) is 9.93. The fourth-order valence-electron chi connectivity index (χ4n) is 3.01. The van der Waals surface area contributed by atoms with Crippen molar-refractivity contribution in [3.8, 4) is 0 Å². The molecule has 0 saturated heterocycles. The molecule has 0 bridgehead atoms. The van der Waals surface area contributed by atoms with E-state index >= 15 is 0 Å². The fourth-order valence-corrected chi connectivity index (χ4v) is 3.01. The number of rotatable bonds is 3. The Hall–Kier alpha value is -1.11. The molecule has 0 amide bonds. The van der Waals surface area contributed by atoms with Gasteiger partial charge in [-0.3, -0.25) is 0 Å². The summed E-state index contributed by atoms with van der Waals surface area (Å²) in [6.07, 6.45) is 5.67. The van der Waals surface area contributed by atoms with E-state index in [0.29, 0.717) is 17.8 Å². The van der Waals surface area contributed by atoms with Crippen LogP contribution in [-0.2, 0) is 4.79 Å². The molecule has 3 atom stereocenters. The van der Waals surface area contributed by atoms with E-state index in [1.807, 2.05) is 0 Å². The summed E-state index contributed by atoms with van der Waals surface area (Å²) in [5.74, 6) is 1.67. The predicted molar refractivity (Wildman–Crippen MR) is 66.4 cm³/mol. The molecule has 0 radical (unpaired) electrons. The van der Waals surface area contributed by atoms with E-state index in [1.165, 1.54) is 18.4 Å². The monoisotopic (exact) mass is 216 g/mol. The van der Waals surface area contributed by atoms with Gasteiger partial charge in [0.15, 0.2) is 0 Å². The fraction of sp³-hybridized carbons (Fsp3) is 0.533. The molecule has 1 aliphatic carbocycles. The molecule has 3 unspecified atom stereocenters. The van der Waals surface area contributed by atoms with Crippen LogP contribution in [0.15, 0.2) is 30.3 Å². The van der Waals surface area contributed by atoms with Crippen molar-refractivity contribution in [2.24, 2.45) is 11.8 Å². The van der Waals surface area contributed by atoms with Gasteiger partial charge in [0, 0.05) is 5.92 Å². The van der Waals surface area contributed by atoms with Gasteiger partial charge in [-0.1, -0.05) is 43.7 Å². The van der Waals surface area contributed by atoms with Crippen LogP contribution >= 0.6 is 0 Å². The van der Waals surface area contributed by atoms with E-state index in [1.54, 1.807) is 0 Å². The number of carbonyl (C=O) groups is 1. The van der Waals surface area contributed by atoms with Crippen molar-refractivity contribution < 1.29 is 4.79 Å². The second kappa shape index (κ2) is 5.29. The van der Waals surface area contributed by atoms with Crippen molar-refractivity contribution >= 4 is 6.29 Å². The van der Waals surface area contributed by atoms with Crippen molar-refractivity contribution in [2.45, 2.75) is 38.5 Å². The third-order valence-electron chi connectivity index (χ3n) is 3.97. The van der Waals surface area contributed by atoms with E-state index in [2.05, 4.69) is 37.3 Å². The lowest BCUT2D eigenvalue weighted by molar-refractivity contribution is -0.112. The lowest BCUT2D eigenvalue weighted by Gasteiger charge is -2.34. The summed E-state index contributed by atoms with van der Waals surface area (Å²) in [6, 6.07) is 10.8. The summed E-state index contributed by atoms with van der Waals surface area (Å²) < 4.78 is 0. The van der Waals surface area contributed by atoms with Crippen LogP contribution in [0.2, 0.25) is 0 Å². The minimum Gasteiger partial charge on any atom is -0.303 e. The molecule has 2 rings (SSSR count). The Balaban J connectivity index is 2.13. The summed E-state index contributed by atoms with van der Waals surface area (Å²) in [5.41, 5.74) is 1.46. The Morgan fingerprint density at radius 3 is 2.62 bits per heavy atom. The molecule has 1 fully saturated rings. The Kier molecular flexibility index (Phi) is 3.76. The molecular weight excluding hydrogens is 196 g/mol. The summed E-state index contributed by atoms with van der Waals surface area (Å²) in [6.45, 7) is 2.24. The minimum atomic E-state index is 0.310.